The van der Waals surface area contributed by atoms with Crippen LogP contribution >= 0.6 is 0 Å². The van der Waals surface area contributed by atoms with E-state index in [-0.39, 0.29) is 24.9 Å². The first kappa shape index (κ1) is 23.7. The van der Waals surface area contributed by atoms with Gasteiger partial charge in [0.05, 0.1) is 12.8 Å². The molecule has 0 atom stereocenters. The summed E-state index contributed by atoms with van der Waals surface area (Å²) in [7, 11) is 0. The predicted molar refractivity (Wildman–Crippen MR) is 114 cm³/mol. The largest absolute Gasteiger partial charge is 0.481 e. The van der Waals surface area contributed by atoms with Crippen molar-refractivity contribution < 1.29 is 19.4 Å². The molecule has 0 spiro atoms. The zero-order chi connectivity index (χ0) is 21.2. The van der Waals surface area contributed by atoms with E-state index in [1.807, 2.05) is 19.1 Å². The average molecular weight is 387 g/mol. The molecule has 0 aromatic rings. The number of ether oxygens (including phenoxy) is 1. The third-order valence-electron chi connectivity index (χ3n) is 4.97. The Balaban J connectivity index is 2.54. The van der Waals surface area contributed by atoms with E-state index in [9.17, 15) is 9.59 Å². The summed E-state index contributed by atoms with van der Waals surface area (Å²) in [6.45, 7) is 11.0. The molecule has 0 saturated heterocycles. The van der Waals surface area contributed by atoms with E-state index < -0.39 is 11.9 Å². The summed E-state index contributed by atoms with van der Waals surface area (Å²) < 4.78 is 4.98. The van der Waals surface area contributed by atoms with Gasteiger partial charge in [0, 0.05) is 0 Å². The van der Waals surface area contributed by atoms with Gasteiger partial charge in [-0.25, -0.2) is 0 Å². The fraction of sp³-hybridized carbons (Fsp3) is 0.500. The van der Waals surface area contributed by atoms with Gasteiger partial charge >= 0.3 is 11.9 Å². The van der Waals surface area contributed by atoms with E-state index in [2.05, 4.69) is 45.9 Å². The highest BCUT2D eigenvalue weighted by Gasteiger charge is 2.26. The van der Waals surface area contributed by atoms with E-state index in [0.717, 1.165) is 5.57 Å². The van der Waals surface area contributed by atoms with Crippen molar-refractivity contribution in [3.05, 3.63) is 58.7 Å². The number of hydrogen-bond donors (Lipinski definition) is 1. The van der Waals surface area contributed by atoms with Crippen LogP contribution in [0.3, 0.4) is 0 Å². The minimum absolute atomic E-state index is 0.0982. The number of aliphatic carboxylic acids is 1. The zero-order valence-electron chi connectivity index (χ0n) is 17.9. The molecule has 0 saturated carbocycles. The molecule has 4 nitrogen and oxygen atoms in total. The molecule has 1 N–H and O–H groups in total. The van der Waals surface area contributed by atoms with Crippen LogP contribution < -0.4 is 0 Å². The van der Waals surface area contributed by atoms with E-state index in [4.69, 9.17) is 9.84 Å². The van der Waals surface area contributed by atoms with Gasteiger partial charge in [-0.05, 0) is 57.1 Å². The molecule has 0 bridgehead atoms. The second-order valence-corrected chi connectivity index (χ2v) is 8.06. The number of carbonyl (C=O) groups is 2. The van der Waals surface area contributed by atoms with Gasteiger partial charge in [-0.15, -0.1) is 0 Å². The molecule has 0 aromatic carbocycles. The highest BCUT2D eigenvalue weighted by Crippen LogP contribution is 2.40. The number of carboxylic acids is 1. The summed E-state index contributed by atoms with van der Waals surface area (Å²) in [5.74, 6) is -1.49. The highest BCUT2D eigenvalue weighted by atomic mass is 16.5. The lowest BCUT2D eigenvalue weighted by Gasteiger charge is -2.32. The zero-order valence-corrected chi connectivity index (χ0v) is 17.9. The van der Waals surface area contributed by atoms with Crippen LogP contribution in [0.2, 0.25) is 0 Å². The third kappa shape index (κ3) is 9.03. The lowest BCUT2D eigenvalue weighted by atomic mass is 9.72. The quantitative estimate of drug-likeness (QED) is 0.394. The van der Waals surface area contributed by atoms with Gasteiger partial charge in [0.1, 0.15) is 6.61 Å². The maximum Gasteiger partial charge on any atom is 0.306 e. The summed E-state index contributed by atoms with van der Waals surface area (Å²) in [6.07, 6.45) is 15.6. The Morgan fingerprint density at radius 2 is 1.86 bits per heavy atom. The second-order valence-electron chi connectivity index (χ2n) is 8.06. The SMILES string of the molecule is CC1=C(/C=C/C(C)=C\C=C\C(C)=C\COC(=O)CCC(=O)O)C(C)(C)CCC1. The standard InChI is InChI=1S/C24H34O4/c1-18(11-12-21-20(3)10-7-16-24(21,4)5)8-6-9-19(2)15-17-28-23(27)14-13-22(25)26/h6,8-9,11-12,15H,7,10,13-14,16-17H2,1-5H3,(H,25,26)/b9-6+,12-11+,18-8-,19-15+. The van der Waals surface area contributed by atoms with Crippen LogP contribution in [0.15, 0.2) is 58.7 Å². The fourth-order valence-electron chi connectivity index (χ4n) is 3.25. The van der Waals surface area contributed by atoms with Crippen molar-refractivity contribution in [1.82, 2.24) is 0 Å². The topological polar surface area (TPSA) is 63.6 Å². The van der Waals surface area contributed by atoms with Gasteiger partial charge in [-0.2, -0.15) is 0 Å². The van der Waals surface area contributed by atoms with Crippen LogP contribution in [-0.2, 0) is 14.3 Å². The number of carbonyl (C=O) groups excluding carboxylic acids is 1. The molecule has 154 valence electrons. The fourth-order valence-corrected chi connectivity index (χ4v) is 3.25. The molecular weight excluding hydrogens is 352 g/mol. The Morgan fingerprint density at radius 3 is 2.50 bits per heavy atom. The Labute approximate surface area is 169 Å². The van der Waals surface area contributed by atoms with Crippen LogP contribution in [0.4, 0.5) is 0 Å². The first-order valence-corrected chi connectivity index (χ1v) is 9.89. The van der Waals surface area contributed by atoms with Gasteiger partial charge in [0.15, 0.2) is 0 Å². The maximum absolute atomic E-state index is 11.3. The lowest BCUT2D eigenvalue weighted by molar-refractivity contribution is -0.146. The predicted octanol–water partition coefficient (Wildman–Crippen LogP) is 5.93. The van der Waals surface area contributed by atoms with Crippen molar-refractivity contribution in [2.45, 2.75) is 66.7 Å². The minimum atomic E-state index is -0.999. The van der Waals surface area contributed by atoms with E-state index >= 15 is 0 Å². The Morgan fingerprint density at radius 1 is 1.14 bits per heavy atom. The maximum atomic E-state index is 11.3. The molecule has 4 heteroatoms. The van der Waals surface area contributed by atoms with Crippen LogP contribution in [0.5, 0.6) is 0 Å². The van der Waals surface area contributed by atoms with Crippen LogP contribution in [0, 0.1) is 5.41 Å². The van der Waals surface area contributed by atoms with E-state index in [1.54, 1.807) is 6.08 Å². The molecule has 0 fully saturated rings. The molecule has 28 heavy (non-hydrogen) atoms. The van der Waals surface area contributed by atoms with Gasteiger partial charge < -0.3 is 9.84 Å². The normalized spacial score (nSPS) is 18.2. The van der Waals surface area contributed by atoms with Crippen molar-refractivity contribution in [3.8, 4) is 0 Å². The second kappa shape index (κ2) is 11.5. The molecule has 0 aromatic heterocycles. The van der Waals surface area contributed by atoms with Gasteiger partial charge in [-0.1, -0.05) is 60.9 Å². The minimum Gasteiger partial charge on any atom is -0.481 e. The van der Waals surface area contributed by atoms with Crippen molar-refractivity contribution in [3.63, 3.8) is 0 Å². The first-order chi connectivity index (χ1) is 13.1. The van der Waals surface area contributed by atoms with Crippen molar-refractivity contribution in [2.75, 3.05) is 6.61 Å². The van der Waals surface area contributed by atoms with Gasteiger partial charge in [0.2, 0.25) is 0 Å². The smallest absolute Gasteiger partial charge is 0.306 e. The average Bonchev–Trinajstić information content (AvgIpc) is 2.59. The third-order valence-corrected chi connectivity index (χ3v) is 4.97. The number of rotatable bonds is 9. The molecular formula is C24H34O4. The molecule has 1 aliphatic rings. The van der Waals surface area contributed by atoms with E-state index in [0.29, 0.717) is 0 Å². The van der Waals surface area contributed by atoms with Crippen LogP contribution in [0.25, 0.3) is 0 Å². The highest BCUT2D eigenvalue weighted by molar-refractivity contribution is 5.76. The summed E-state index contributed by atoms with van der Waals surface area (Å²) in [5, 5.41) is 8.53. The van der Waals surface area contributed by atoms with Gasteiger partial charge in [0.25, 0.3) is 0 Å². The number of esters is 1. The number of hydrogen-bond acceptors (Lipinski definition) is 3. The summed E-state index contributed by atoms with van der Waals surface area (Å²) in [4.78, 5) is 21.8. The molecule has 0 unspecified atom stereocenters. The Kier molecular flexibility index (Phi) is 9.70. The van der Waals surface area contributed by atoms with E-state index in [1.165, 1.54) is 36.0 Å². The summed E-state index contributed by atoms with van der Waals surface area (Å²) >= 11 is 0. The summed E-state index contributed by atoms with van der Waals surface area (Å²) in [6, 6.07) is 0. The monoisotopic (exact) mass is 386 g/mol. The summed E-state index contributed by atoms with van der Waals surface area (Å²) in [5.41, 5.74) is 5.34. The molecule has 0 aliphatic heterocycles. The molecule has 0 radical (unpaired) electrons. The molecule has 1 rings (SSSR count). The number of carboxylic acid groups (broad SMARTS) is 1. The number of allylic oxidation sites excluding steroid dienone is 9. The molecule has 1 aliphatic carbocycles. The van der Waals surface area contributed by atoms with Crippen LogP contribution in [-0.4, -0.2) is 23.7 Å². The van der Waals surface area contributed by atoms with Crippen molar-refractivity contribution >= 4 is 11.9 Å². The Hall–Kier alpha value is -2.36. The van der Waals surface area contributed by atoms with Crippen LogP contribution in [0.1, 0.15) is 66.7 Å². The van der Waals surface area contributed by atoms with Gasteiger partial charge in [-0.3, -0.25) is 9.59 Å². The lowest BCUT2D eigenvalue weighted by Crippen LogP contribution is -2.19. The Bertz CT molecular complexity index is 715. The van der Waals surface area contributed by atoms with Crippen molar-refractivity contribution in [2.24, 2.45) is 5.41 Å². The van der Waals surface area contributed by atoms with Crippen molar-refractivity contribution in [1.29, 1.82) is 0 Å². The first-order valence-electron chi connectivity index (χ1n) is 9.89. The molecule has 0 amide bonds. The molecule has 0 heterocycles.